The van der Waals surface area contributed by atoms with Crippen molar-refractivity contribution >= 4 is 34.8 Å². The summed E-state index contributed by atoms with van der Waals surface area (Å²) in [6.07, 6.45) is 1.95. The van der Waals surface area contributed by atoms with Gasteiger partial charge in [0.25, 0.3) is 17.5 Å². The maximum absolute atomic E-state index is 13.3. The van der Waals surface area contributed by atoms with Crippen LogP contribution in [0.3, 0.4) is 0 Å². The maximum Gasteiger partial charge on any atom is 0.303 e. The van der Waals surface area contributed by atoms with Crippen LogP contribution in [-0.2, 0) is 4.79 Å². The number of aliphatic carboxylic acids is 1. The average molecular weight is 520 g/mol. The number of benzene rings is 3. The predicted molar refractivity (Wildman–Crippen MR) is 143 cm³/mol. The number of carboxylic acid groups (broad SMARTS) is 1. The normalized spacial score (nSPS) is 10.5. The van der Waals surface area contributed by atoms with Crippen LogP contribution in [0.2, 0.25) is 0 Å². The number of unbranched alkanes of at least 4 members (excludes halogenated alkanes) is 2. The van der Waals surface area contributed by atoms with Crippen molar-refractivity contribution in [1.29, 1.82) is 0 Å². The zero-order chi connectivity index (χ0) is 27.7. The van der Waals surface area contributed by atoms with E-state index in [4.69, 9.17) is 9.84 Å². The second-order valence-corrected chi connectivity index (χ2v) is 8.69. The number of anilines is 2. The van der Waals surface area contributed by atoms with Crippen molar-refractivity contribution in [3.05, 3.63) is 93.5 Å². The van der Waals surface area contributed by atoms with Crippen LogP contribution in [0.25, 0.3) is 0 Å². The van der Waals surface area contributed by atoms with E-state index in [2.05, 4.69) is 5.32 Å². The van der Waals surface area contributed by atoms with Gasteiger partial charge in [-0.15, -0.1) is 0 Å². The van der Waals surface area contributed by atoms with Gasteiger partial charge in [-0.1, -0.05) is 29.8 Å². The van der Waals surface area contributed by atoms with E-state index >= 15 is 0 Å². The van der Waals surface area contributed by atoms with Gasteiger partial charge >= 0.3 is 5.97 Å². The molecule has 2 amide bonds. The highest BCUT2D eigenvalue weighted by Crippen LogP contribution is 2.31. The van der Waals surface area contributed by atoms with Gasteiger partial charge in [0.15, 0.2) is 0 Å². The van der Waals surface area contributed by atoms with Gasteiger partial charge in [-0.3, -0.25) is 24.5 Å². The predicted octanol–water partition coefficient (Wildman–Crippen LogP) is 5.46. The number of aryl methyl sites for hydroxylation is 1. The Balaban J connectivity index is 1.75. The highest BCUT2D eigenvalue weighted by atomic mass is 16.6. The fourth-order valence-electron chi connectivity index (χ4n) is 3.73. The summed E-state index contributed by atoms with van der Waals surface area (Å²) in [6, 6.07) is 17.6. The van der Waals surface area contributed by atoms with E-state index in [9.17, 15) is 24.5 Å². The number of carbonyl (C=O) groups is 3. The third-order valence-electron chi connectivity index (χ3n) is 5.82. The lowest BCUT2D eigenvalue weighted by Crippen LogP contribution is -2.27. The number of hydrogen-bond donors (Lipinski definition) is 2. The molecule has 0 aliphatic heterocycles. The number of nitrogens with one attached hydrogen (secondary N) is 1. The van der Waals surface area contributed by atoms with Gasteiger partial charge in [-0.2, -0.15) is 0 Å². The van der Waals surface area contributed by atoms with E-state index in [0.29, 0.717) is 43.0 Å². The second-order valence-electron chi connectivity index (χ2n) is 8.69. The molecule has 2 N–H and O–H groups in total. The summed E-state index contributed by atoms with van der Waals surface area (Å²) in [6.45, 7) is 2.24. The summed E-state index contributed by atoms with van der Waals surface area (Å²) in [5.74, 6) is -1.60. The highest BCUT2D eigenvalue weighted by molar-refractivity contribution is 6.11. The minimum absolute atomic E-state index is 0.0445. The van der Waals surface area contributed by atoms with E-state index in [1.54, 1.807) is 36.4 Å². The van der Waals surface area contributed by atoms with Gasteiger partial charge in [0.2, 0.25) is 0 Å². The molecule has 10 heteroatoms. The molecule has 0 saturated heterocycles. The van der Waals surface area contributed by atoms with Crippen molar-refractivity contribution < 1.29 is 29.2 Å². The zero-order valence-corrected chi connectivity index (χ0v) is 21.2. The topological polar surface area (TPSA) is 139 Å². The monoisotopic (exact) mass is 519 g/mol. The Morgan fingerprint density at radius 3 is 2.39 bits per heavy atom. The molecule has 0 heterocycles. The van der Waals surface area contributed by atoms with Crippen LogP contribution in [0.1, 0.15) is 52.0 Å². The third kappa shape index (κ3) is 7.39. The van der Waals surface area contributed by atoms with Crippen molar-refractivity contribution in [2.45, 2.75) is 32.6 Å². The van der Waals surface area contributed by atoms with Crippen LogP contribution in [-0.4, -0.2) is 41.5 Å². The molecule has 0 aromatic heterocycles. The molecule has 0 aliphatic carbocycles. The molecule has 0 unspecified atom stereocenters. The first-order valence-electron chi connectivity index (χ1n) is 12.1. The van der Waals surface area contributed by atoms with Crippen molar-refractivity contribution in [3.8, 4) is 5.75 Å². The number of nitro benzene ring substituents is 1. The Labute approximate surface area is 220 Å². The van der Waals surface area contributed by atoms with Gasteiger partial charge in [-0.05, 0) is 62.6 Å². The molecule has 0 radical (unpaired) electrons. The number of nitro groups is 1. The number of hydrogen-bond acceptors (Lipinski definition) is 6. The summed E-state index contributed by atoms with van der Waals surface area (Å²) in [5.41, 5.74) is 1.36. The van der Waals surface area contributed by atoms with Crippen LogP contribution in [0, 0.1) is 17.0 Å². The molecule has 0 saturated carbocycles. The Morgan fingerprint density at radius 2 is 1.71 bits per heavy atom. The molecule has 10 nitrogen and oxygen atoms in total. The second kappa shape index (κ2) is 13.0. The first kappa shape index (κ1) is 27.9. The molecule has 0 bridgehead atoms. The molecule has 0 fully saturated rings. The third-order valence-corrected chi connectivity index (χ3v) is 5.82. The Kier molecular flexibility index (Phi) is 9.53. The lowest BCUT2D eigenvalue weighted by atomic mass is 10.1. The maximum atomic E-state index is 13.3. The molecule has 3 rings (SSSR count). The lowest BCUT2D eigenvalue weighted by molar-refractivity contribution is -0.385. The van der Waals surface area contributed by atoms with E-state index < -0.39 is 28.4 Å². The molecule has 0 spiro atoms. The van der Waals surface area contributed by atoms with Crippen LogP contribution < -0.4 is 15.0 Å². The average Bonchev–Trinajstić information content (AvgIpc) is 2.90. The number of nitrogens with zero attached hydrogens (tertiary/aromatic N) is 2. The van der Waals surface area contributed by atoms with Gasteiger partial charge in [-0.25, -0.2) is 0 Å². The fraction of sp³-hybridized carbons (Fsp3) is 0.250. The van der Waals surface area contributed by atoms with Gasteiger partial charge < -0.3 is 20.1 Å². The van der Waals surface area contributed by atoms with E-state index in [0.717, 1.165) is 11.6 Å². The van der Waals surface area contributed by atoms with E-state index in [-0.39, 0.29) is 17.5 Å². The Bertz CT molecular complexity index is 1320. The summed E-state index contributed by atoms with van der Waals surface area (Å²) < 4.78 is 5.82. The van der Waals surface area contributed by atoms with Crippen molar-refractivity contribution in [1.82, 2.24) is 0 Å². The summed E-state index contributed by atoms with van der Waals surface area (Å²) >= 11 is 0. The van der Waals surface area contributed by atoms with Crippen LogP contribution in [0.4, 0.5) is 17.1 Å². The Morgan fingerprint density at radius 1 is 1.00 bits per heavy atom. The number of rotatable bonds is 12. The minimum Gasteiger partial charge on any atom is -0.491 e. The smallest absolute Gasteiger partial charge is 0.303 e. The number of ether oxygens (including phenoxy) is 1. The number of amides is 2. The highest BCUT2D eigenvalue weighted by Gasteiger charge is 2.26. The quantitative estimate of drug-likeness (QED) is 0.184. The first-order valence-corrected chi connectivity index (χ1v) is 12.1. The van der Waals surface area contributed by atoms with Gasteiger partial charge in [0, 0.05) is 30.8 Å². The number of para-hydroxylation sites is 2. The molecule has 0 aliphatic rings. The molecule has 38 heavy (non-hydrogen) atoms. The zero-order valence-electron chi connectivity index (χ0n) is 21.2. The van der Waals surface area contributed by atoms with Crippen molar-refractivity contribution in [2.75, 3.05) is 23.9 Å². The van der Waals surface area contributed by atoms with Gasteiger partial charge in [0.05, 0.1) is 17.2 Å². The van der Waals surface area contributed by atoms with E-state index in [1.165, 1.54) is 24.1 Å². The SMILES string of the molecule is Cc1ccc(NC(=O)c2ccc(C(=O)N(C)c3ccccc3OCCCCCC(=O)O)c([N+](=O)[O-])c2)cc1. The largest absolute Gasteiger partial charge is 0.491 e. The van der Waals surface area contributed by atoms with Crippen molar-refractivity contribution in [2.24, 2.45) is 0 Å². The molecule has 0 atom stereocenters. The lowest BCUT2D eigenvalue weighted by Gasteiger charge is -2.21. The number of carbonyl (C=O) groups excluding carboxylic acids is 2. The summed E-state index contributed by atoms with van der Waals surface area (Å²) in [4.78, 5) is 49.0. The molecular weight excluding hydrogens is 490 g/mol. The molecular formula is C28H29N3O7. The van der Waals surface area contributed by atoms with E-state index in [1.807, 2.05) is 19.1 Å². The first-order chi connectivity index (χ1) is 18.2. The van der Waals surface area contributed by atoms with Crippen molar-refractivity contribution in [3.63, 3.8) is 0 Å². The number of carboxylic acids is 1. The molecule has 3 aromatic rings. The molecule has 3 aromatic carbocycles. The fourth-order valence-corrected chi connectivity index (χ4v) is 3.73. The summed E-state index contributed by atoms with van der Waals surface area (Å²) in [5, 5.41) is 23.3. The van der Waals surface area contributed by atoms with Crippen LogP contribution in [0.15, 0.2) is 66.7 Å². The van der Waals surface area contributed by atoms with Crippen LogP contribution in [0.5, 0.6) is 5.75 Å². The molecule has 198 valence electrons. The summed E-state index contributed by atoms with van der Waals surface area (Å²) in [7, 11) is 1.49. The van der Waals surface area contributed by atoms with Gasteiger partial charge in [0.1, 0.15) is 11.3 Å². The minimum atomic E-state index is -0.842. The Hall–Kier alpha value is -4.73. The van der Waals surface area contributed by atoms with Crippen LogP contribution >= 0.6 is 0 Å². The standard InChI is InChI=1S/C28H29N3O7/c1-19-11-14-21(15-12-19)29-27(34)20-13-16-22(24(18-20)31(36)37)28(35)30(2)23-8-5-6-9-25(23)38-17-7-3-4-10-26(32)33/h5-6,8-9,11-16,18H,3-4,7,10,17H2,1-2H3,(H,29,34)(H,32,33).